The summed E-state index contributed by atoms with van der Waals surface area (Å²) < 4.78 is 2.41. The molecule has 8 aromatic rings. The fraction of sp³-hybridized carbons (Fsp3) is 0.0833. The van der Waals surface area contributed by atoms with Gasteiger partial charge >= 0.3 is 0 Å². The molecule has 0 amide bonds. The second kappa shape index (κ2) is 11.6. The number of allylic oxidation sites excluding steroid dienone is 4. The lowest BCUT2D eigenvalue weighted by atomic mass is 9.67. The fourth-order valence-corrected chi connectivity index (χ4v) is 8.71. The number of hydrogen-bond acceptors (Lipinski definition) is 2. The molecule has 3 unspecified atom stereocenters. The summed E-state index contributed by atoms with van der Waals surface area (Å²) in [5.74, 6) is 1.23. The van der Waals surface area contributed by atoms with Gasteiger partial charge in [-0.2, -0.15) is 0 Å². The third kappa shape index (κ3) is 4.38. The minimum absolute atomic E-state index is 0.0836. The maximum Gasteiger partial charge on any atom is 0.137 e. The lowest BCUT2D eigenvalue weighted by Gasteiger charge is -2.35. The summed E-state index contributed by atoms with van der Waals surface area (Å²) in [6, 6.07) is 57.2. The topological polar surface area (TPSA) is 30.7 Å². The van der Waals surface area contributed by atoms with Crippen molar-refractivity contribution in [2.75, 3.05) is 0 Å². The normalized spacial score (nSPS) is 19.0. The van der Waals surface area contributed by atoms with Gasteiger partial charge in [-0.05, 0) is 46.9 Å². The van der Waals surface area contributed by atoms with Crippen molar-refractivity contribution < 1.29 is 0 Å². The summed E-state index contributed by atoms with van der Waals surface area (Å²) in [5.41, 5.74) is 11.8. The van der Waals surface area contributed by atoms with Gasteiger partial charge in [0.05, 0.1) is 27.8 Å². The highest BCUT2D eigenvalue weighted by atomic mass is 15.0. The molecule has 3 heteroatoms. The van der Waals surface area contributed by atoms with E-state index in [1.54, 1.807) is 0 Å². The van der Waals surface area contributed by atoms with Crippen molar-refractivity contribution in [1.82, 2.24) is 14.5 Å². The molecule has 2 heterocycles. The summed E-state index contributed by atoms with van der Waals surface area (Å²) in [6.45, 7) is 2.26. The van der Waals surface area contributed by atoms with E-state index in [2.05, 4.69) is 194 Å². The lowest BCUT2D eigenvalue weighted by molar-refractivity contribution is 0.601. The number of aromatic nitrogens is 3. The van der Waals surface area contributed by atoms with Crippen molar-refractivity contribution in [3.8, 4) is 28.2 Å². The molecule has 10 rings (SSSR count). The molecule has 3 atom stereocenters. The van der Waals surface area contributed by atoms with Gasteiger partial charge in [0.15, 0.2) is 0 Å². The summed E-state index contributed by atoms with van der Waals surface area (Å²) in [7, 11) is 0. The van der Waals surface area contributed by atoms with E-state index in [9.17, 15) is 0 Å². The number of nitrogens with zero attached hydrogens (tertiary/aromatic N) is 3. The third-order valence-corrected chi connectivity index (χ3v) is 11.0. The van der Waals surface area contributed by atoms with Crippen LogP contribution in [0.4, 0.5) is 0 Å². The van der Waals surface area contributed by atoms with Gasteiger partial charge in [-0.15, -0.1) is 0 Å². The monoisotopic (exact) mass is 653 g/mol. The van der Waals surface area contributed by atoms with Gasteiger partial charge in [0, 0.05) is 39.1 Å². The Hall–Kier alpha value is -6.32. The van der Waals surface area contributed by atoms with Gasteiger partial charge in [-0.3, -0.25) is 0 Å². The molecule has 3 nitrogen and oxygen atoms in total. The fourth-order valence-electron chi connectivity index (χ4n) is 8.71. The molecule has 0 fully saturated rings. The van der Waals surface area contributed by atoms with Crippen molar-refractivity contribution in [2.24, 2.45) is 5.92 Å². The van der Waals surface area contributed by atoms with Gasteiger partial charge in [0.1, 0.15) is 5.82 Å². The van der Waals surface area contributed by atoms with E-state index in [1.165, 1.54) is 38.5 Å². The molecule has 0 aliphatic heterocycles. The molecule has 2 aliphatic carbocycles. The number of benzene rings is 6. The molecular weight excluding hydrogens is 619 g/mol. The third-order valence-electron chi connectivity index (χ3n) is 11.0. The van der Waals surface area contributed by atoms with Gasteiger partial charge < -0.3 is 4.57 Å². The largest absolute Gasteiger partial charge is 0.309 e. The van der Waals surface area contributed by atoms with Crippen LogP contribution in [0.3, 0.4) is 0 Å². The first-order valence-electron chi connectivity index (χ1n) is 17.8. The smallest absolute Gasteiger partial charge is 0.137 e. The van der Waals surface area contributed by atoms with Crippen molar-refractivity contribution in [1.29, 1.82) is 0 Å². The molecule has 242 valence electrons. The van der Waals surface area contributed by atoms with Crippen LogP contribution in [-0.4, -0.2) is 14.5 Å². The second-order valence-electron chi connectivity index (χ2n) is 13.8. The summed E-state index contributed by atoms with van der Waals surface area (Å²) in [5, 5.41) is 2.50. The Morgan fingerprint density at radius 1 is 0.549 bits per heavy atom. The minimum atomic E-state index is -0.681. The maximum absolute atomic E-state index is 5.57. The molecule has 51 heavy (non-hydrogen) atoms. The van der Waals surface area contributed by atoms with Crippen LogP contribution >= 0.6 is 0 Å². The number of fused-ring (bicyclic) bond motifs is 6. The zero-order valence-corrected chi connectivity index (χ0v) is 28.3. The molecule has 2 aliphatic rings. The maximum atomic E-state index is 5.57. The first kappa shape index (κ1) is 29.6. The molecule has 0 bridgehead atoms. The molecule has 6 aromatic carbocycles. The van der Waals surface area contributed by atoms with Crippen LogP contribution in [0.25, 0.3) is 50.0 Å². The van der Waals surface area contributed by atoms with Crippen molar-refractivity contribution in [3.05, 3.63) is 210 Å². The van der Waals surface area contributed by atoms with E-state index in [4.69, 9.17) is 9.97 Å². The Kier molecular flexibility index (Phi) is 6.75. The van der Waals surface area contributed by atoms with Crippen LogP contribution in [-0.2, 0) is 5.41 Å². The molecule has 2 aromatic heterocycles. The average Bonchev–Trinajstić information content (AvgIpc) is 3.70. The average molecular weight is 654 g/mol. The Bertz CT molecular complexity index is 2610. The SMILES string of the molecule is CC1C=CC=CC1c1nc(-c2ccccc2)c2c(n1)-c1ccccc1C2(c1ccccc1)c1cccc(-n2c3ccccc3c3ccccc32)c1. The summed E-state index contributed by atoms with van der Waals surface area (Å²) in [6.07, 6.45) is 8.77. The highest BCUT2D eigenvalue weighted by Gasteiger charge is 2.49. The van der Waals surface area contributed by atoms with Gasteiger partial charge in [0.2, 0.25) is 0 Å². The second-order valence-corrected chi connectivity index (χ2v) is 13.8. The summed E-state index contributed by atoms with van der Waals surface area (Å²) >= 11 is 0. The predicted molar refractivity (Wildman–Crippen MR) is 209 cm³/mol. The molecule has 0 N–H and O–H groups in total. The quantitative estimate of drug-likeness (QED) is 0.185. The molecule has 0 radical (unpaired) electrons. The van der Waals surface area contributed by atoms with Crippen LogP contribution < -0.4 is 0 Å². The molecule has 0 saturated heterocycles. The number of rotatable bonds is 5. The Morgan fingerprint density at radius 2 is 1.16 bits per heavy atom. The number of para-hydroxylation sites is 2. The first-order chi connectivity index (χ1) is 25.2. The van der Waals surface area contributed by atoms with Gasteiger partial charge in [-0.1, -0.05) is 165 Å². The van der Waals surface area contributed by atoms with Crippen LogP contribution in [0.2, 0.25) is 0 Å². The van der Waals surface area contributed by atoms with E-state index in [0.717, 1.165) is 39.6 Å². The van der Waals surface area contributed by atoms with Gasteiger partial charge in [-0.25, -0.2) is 9.97 Å². The highest BCUT2D eigenvalue weighted by Crippen LogP contribution is 2.58. The zero-order valence-electron chi connectivity index (χ0n) is 28.3. The highest BCUT2D eigenvalue weighted by molar-refractivity contribution is 6.09. The van der Waals surface area contributed by atoms with E-state index >= 15 is 0 Å². The standard InChI is InChI=1S/C48H35N3/c1-32-17-8-9-24-37(32)47-49-45(33-18-4-2-5-19-33)44-46(50-47)40-27-10-13-28-41(40)48(44,34-20-6-3-7-21-34)35-22-16-23-36(31-35)51-42-29-14-11-25-38(42)39-26-12-15-30-43(39)51/h2-32,37H,1H3. The molecular formula is C48H35N3. The van der Waals surface area contributed by atoms with Crippen LogP contribution in [0, 0.1) is 5.92 Å². The lowest BCUT2D eigenvalue weighted by Crippen LogP contribution is -2.30. The van der Waals surface area contributed by atoms with E-state index in [1.807, 2.05) is 0 Å². The molecule has 0 spiro atoms. The van der Waals surface area contributed by atoms with Crippen molar-refractivity contribution in [3.63, 3.8) is 0 Å². The summed E-state index contributed by atoms with van der Waals surface area (Å²) in [4.78, 5) is 11.1. The van der Waals surface area contributed by atoms with Crippen LogP contribution in [0.1, 0.15) is 40.9 Å². The Labute approximate surface area is 297 Å². The van der Waals surface area contributed by atoms with E-state index in [-0.39, 0.29) is 11.8 Å². The van der Waals surface area contributed by atoms with Crippen LogP contribution in [0.15, 0.2) is 182 Å². The van der Waals surface area contributed by atoms with Crippen molar-refractivity contribution in [2.45, 2.75) is 18.3 Å². The molecule has 0 saturated carbocycles. The predicted octanol–water partition coefficient (Wildman–Crippen LogP) is 11.4. The van der Waals surface area contributed by atoms with E-state index in [0.29, 0.717) is 0 Å². The van der Waals surface area contributed by atoms with Gasteiger partial charge in [0.25, 0.3) is 0 Å². The number of hydrogen-bond donors (Lipinski definition) is 0. The Balaban J connectivity index is 1.33. The van der Waals surface area contributed by atoms with Crippen molar-refractivity contribution >= 4 is 21.8 Å². The Morgan fingerprint density at radius 3 is 1.90 bits per heavy atom. The minimum Gasteiger partial charge on any atom is -0.309 e. The zero-order chi connectivity index (χ0) is 33.9. The van der Waals surface area contributed by atoms with Crippen LogP contribution in [0.5, 0.6) is 0 Å². The van der Waals surface area contributed by atoms with E-state index < -0.39 is 5.41 Å². The first-order valence-corrected chi connectivity index (χ1v) is 17.8.